The lowest BCUT2D eigenvalue weighted by Crippen LogP contribution is -2.62. The van der Waals surface area contributed by atoms with E-state index in [1.165, 1.54) is 0 Å². The molecular weight excluding hydrogens is 270 g/mol. The molecule has 0 aromatic carbocycles. The Kier molecular flexibility index (Phi) is 5.44. The van der Waals surface area contributed by atoms with Crippen LogP contribution in [-0.4, -0.2) is 64.2 Å². The molecule has 9 heteroatoms. The van der Waals surface area contributed by atoms with Crippen LogP contribution in [0.25, 0.3) is 0 Å². The van der Waals surface area contributed by atoms with Crippen LogP contribution in [0.1, 0.15) is 19.8 Å². The van der Waals surface area contributed by atoms with Gasteiger partial charge in [0.15, 0.2) is 0 Å². The topological polar surface area (TPSA) is 136 Å². The van der Waals surface area contributed by atoms with Crippen LogP contribution in [0.15, 0.2) is 0 Å². The zero-order valence-electron chi connectivity index (χ0n) is 11.0. The Hall–Kier alpha value is -2.16. The third kappa shape index (κ3) is 3.67. The molecule has 2 atom stereocenters. The molecular formula is C11H17N3O6. The lowest BCUT2D eigenvalue weighted by molar-refractivity contribution is -0.139. The molecule has 0 spiro atoms. The minimum absolute atomic E-state index is 0.161. The van der Waals surface area contributed by atoms with E-state index in [2.05, 4.69) is 10.6 Å². The number of carboxylic acids is 1. The Bertz CT molecular complexity index is 424. The number of amides is 4. The van der Waals surface area contributed by atoms with E-state index in [0.29, 0.717) is 6.42 Å². The minimum Gasteiger partial charge on any atom is -0.480 e. The second-order valence-corrected chi connectivity index (χ2v) is 4.32. The second-order valence-electron chi connectivity index (χ2n) is 4.32. The molecule has 4 N–H and O–H groups in total. The highest BCUT2D eigenvalue weighted by atomic mass is 16.4. The highest BCUT2D eigenvalue weighted by molar-refractivity contribution is 6.04. The van der Waals surface area contributed by atoms with E-state index in [1.54, 1.807) is 6.92 Å². The average Bonchev–Trinajstić information content (AvgIpc) is 2.37. The smallest absolute Gasteiger partial charge is 0.326 e. The fourth-order valence-corrected chi connectivity index (χ4v) is 1.90. The summed E-state index contributed by atoms with van der Waals surface area (Å²) in [5.74, 6) is -2.51. The summed E-state index contributed by atoms with van der Waals surface area (Å²) in [6, 6.07) is -2.91. The largest absolute Gasteiger partial charge is 0.480 e. The molecule has 0 aromatic rings. The van der Waals surface area contributed by atoms with E-state index in [0.717, 1.165) is 4.90 Å². The Morgan fingerprint density at radius 1 is 1.50 bits per heavy atom. The van der Waals surface area contributed by atoms with E-state index in [-0.39, 0.29) is 13.0 Å². The molecule has 1 unspecified atom stereocenters. The van der Waals surface area contributed by atoms with E-state index in [9.17, 15) is 19.2 Å². The summed E-state index contributed by atoms with van der Waals surface area (Å²) in [5.41, 5.74) is 0. The first-order valence-electron chi connectivity index (χ1n) is 6.15. The lowest BCUT2D eigenvalue weighted by atomic mass is 10.1. The van der Waals surface area contributed by atoms with Crippen LogP contribution in [-0.2, 0) is 14.4 Å². The highest BCUT2D eigenvalue weighted by Gasteiger charge is 2.36. The van der Waals surface area contributed by atoms with Gasteiger partial charge in [-0.2, -0.15) is 0 Å². The maximum Gasteiger partial charge on any atom is 0.326 e. The monoisotopic (exact) mass is 287 g/mol. The summed E-state index contributed by atoms with van der Waals surface area (Å²) >= 11 is 0. The number of aliphatic hydroxyl groups is 1. The van der Waals surface area contributed by atoms with Crippen molar-refractivity contribution in [2.75, 3.05) is 13.2 Å². The van der Waals surface area contributed by atoms with Crippen LogP contribution in [0.3, 0.4) is 0 Å². The number of imide groups is 1. The van der Waals surface area contributed by atoms with Crippen molar-refractivity contribution in [3.05, 3.63) is 0 Å². The van der Waals surface area contributed by atoms with Crippen LogP contribution in [0.4, 0.5) is 4.79 Å². The van der Waals surface area contributed by atoms with Crippen molar-refractivity contribution in [1.82, 2.24) is 15.5 Å². The number of carboxylic acid groups (broad SMARTS) is 1. The standard InChI is InChI=1S/C11H17N3O6/c1-2-7-9(17)13-8(16)5-14(7)11(20)12-6(3-4-15)10(18)19/h6-7,15H,2-5H2,1H3,(H,12,20)(H,18,19)(H,13,16,17)/t6-,7?/m1/s1. The van der Waals surface area contributed by atoms with Gasteiger partial charge < -0.3 is 20.4 Å². The predicted octanol–water partition coefficient (Wildman–Crippen LogP) is -1.73. The van der Waals surface area contributed by atoms with Gasteiger partial charge in [-0.25, -0.2) is 9.59 Å². The quantitative estimate of drug-likeness (QED) is 0.443. The van der Waals surface area contributed by atoms with Gasteiger partial charge in [-0.1, -0.05) is 6.92 Å². The summed E-state index contributed by atoms with van der Waals surface area (Å²) < 4.78 is 0. The van der Waals surface area contributed by atoms with Gasteiger partial charge in [0, 0.05) is 13.0 Å². The molecule has 4 amide bonds. The Morgan fingerprint density at radius 3 is 2.65 bits per heavy atom. The van der Waals surface area contributed by atoms with Gasteiger partial charge in [0.05, 0.1) is 0 Å². The number of carbonyl (C=O) groups is 4. The maximum atomic E-state index is 12.0. The summed E-state index contributed by atoms with van der Waals surface area (Å²) in [4.78, 5) is 46.7. The number of rotatable bonds is 5. The molecule has 0 radical (unpaired) electrons. The molecule has 0 bridgehead atoms. The van der Waals surface area contributed by atoms with E-state index in [4.69, 9.17) is 10.2 Å². The van der Waals surface area contributed by atoms with Gasteiger partial charge in [-0.05, 0) is 6.42 Å². The molecule has 0 aromatic heterocycles. The summed E-state index contributed by atoms with van der Waals surface area (Å²) in [6.45, 7) is 0.943. The van der Waals surface area contributed by atoms with Crippen LogP contribution >= 0.6 is 0 Å². The Balaban J connectivity index is 2.79. The number of urea groups is 1. The fourth-order valence-electron chi connectivity index (χ4n) is 1.90. The number of aliphatic carboxylic acids is 1. The first-order chi connectivity index (χ1) is 9.40. The molecule has 1 saturated heterocycles. The molecule has 112 valence electrons. The van der Waals surface area contributed by atoms with Crippen molar-refractivity contribution >= 4 is 23.8 Å². The molecule has 20 heavy (non-hydrogen) atoms. The predicted molar refractivity (Wildman–Crippen MR) is 65.6 cm³/mol. The van der Waals surface area contributed by atoms with Crippen molar-refractivity contribution in [1.29, 1.82) is 0 Å². The molecule has 9 nitrogen and oxygen atoms in total. The van der Waals surface area contributed by atoms with E-state index >= 15 is 0 Å². The van der Waals surface area contributed by atoms with Crippen molar-refractivity contribution in [3.63, 3.8) is 0 Å². The summed E-state index contributed by atoms with van der Waals surface area (Å²) in [6.07, 6.45) is 0.135. The third-order valence-electron chi connectivity index (χ3n) is 2.92. The summed E-state index contributed by atoms with van der Waals surface area (Å²) in [5, 5.41) is 21.9. The molecule has 1 aliphatic heterocycles. The number of piperazine rings is 1. The maximum absolute atomic E-state index is 12.0. The number of nitrogens with zero attached hydrogens (tertiary/aromatic N) is 1. The van der Waals surface area contributed by atoms with Crippen molar-refractivity contribution < 1.29 is 29.4 Å². The van der Waals surface area contributed by atoms with Crippen LogP contribution in [0.5, 0.6) is 0 Å². The van der Waals surface area contributed by atoms with Crippen molar-refractivity contribution in [2.24, 2.45) is 0 Å². The Labute approximate surface area is 114 Å². The zero-order valence-corrected chi connectivity index (χ0v) is 11.0. The molecule has 1 rings (SSSR count). The first kappa shape index (κ1) is 15.9. The fraction of sp³-hybridized carbons (Fsp3) is 0.636. The average molecular weight is 287 g/mol. The van der Waals surface area contributed by atoms with E-state index < -0.39 is 42.5 Å². The molecule has 1 aliphatic rings. The van der Waals surface area contributed by atoms with Gasteiger partial charge in [0.1, 0.15) is 18.6 Å². The van der Waals surface area contributed by atoms with Crippen LogP contribution in [0, 0.1) is 0 Å². The first-order valence-corrected chi connectivity index (χ1v) is 6.15. The van der Waals surface area contributed by atoms with Crippen molar-refractivity contribution in [3.8, 4) is 0 Å². The van der Waals surface area contributed by atoms with Gasteiger partial charge in [0.2, 0.25) is 11.8 Å². The van der Waals surface area contributed by atoms with Gasteiger partial charge >= 0.3 is 12.0 Å². The highest BCUT2D eigenvalue weighted by Crippen LogP contribution is 2.10. The number of nitrogens with one attached hydrogen (secondary N) is 2. The number of hydrogen-bond acceptors (Lipinski definition) is 5. The number of aliphatic hydroxyl groups excluding tert-OH is 1. The van der Waals surface area contributed by atoms with Crippen molar-refractivity contribution in [2.45, 2.75) is 31.8 Å². The van der Waals surface area contributed by atoms with Gasteiger partial charge in [0.25, 0.3) is 0 Å². The van der Waals surface area contributed by atoms with Gasteiger partial charge in [-0.15, -0.1) is 0 Å². The second kappa shape index (κ2) is 6.85. The number of carbonyl (C=O) groups excluding carboxylic acids is 3. The Morgan fingerprint density at radius 2 is 2.15 bits per heavy atom. The number of hydrogen-bond donors (Lipinski definition) is 4. The van der Waals surface area contributed by atoms with Gasteiger partial charge in [-0.3, -0.25) is 14.9 Å². The third-order valence-corrected chi connectivity index (χ3v) is 2.92. The minimum atomic E-state index is -1.30. The molecule has 1 fully saturated rings. The summed E-state index contributed by atoms with van der Waals surface area (Å²) in [7, 11) is 0. The SMILES string of the molecule is CCC1C(=O)NC(=O)CN1C(=O)N[C@H](CCO)C(=O)O. The molecule has 0 aliphatic carbocycles. The van der Waals surface area contributed by atoms with E-state index in [1.807, 2.05) is 0 Å². The van der Waals surface area contributed by atoms with Crippen LogP contribution in [0.2, 0.25) is 0 Å². The van der Waals surface area contributed by atoms with Crippen LogP contribution < -0.4 is 10.6 Å². The molecule has 1 heterocycles. The molecule has 0 saturated carbocycles. The normalized spacial score (nSPS) is 20.3. The lowest BCUT2D eigenvalue weighted by Gasteiger charge is -2.34. The zero-order chi connectivity index (χ0) is 15.3.